The molecule has 3 aromatic rings. The molecular weight excluding hydrogens is 352 g/mol. The largest absolute Gasteiger partial charge is 0.326 e. The lowest BCUT2D eigenvalue weighted by Crippen LogP contribution is -2.14. The van der Waals surface area contributed by atoms with E-state index in [4.69, 9.17) is 0 Å². The summed E-state index contributed by atoms with van der Waals surface area (Å²) in [5.74, 6) is 0.0608. The summed E-state index contributed by atoms with van der Waals surface area (Å²) in [6.07, 6.45) is 2.04. The van der Waals surface area contributed by atoms with Crippen LogP contribution in [-0.4, -0.2) is 21.6 Å². The van der Waals surface area contributed by atoms with Crippen molar-refractivity contribution in [2.75, 3.05) is 10.6 Å². The Bertz CT molecular complexity index is 960. The third-order valence-corrected chi connectivity index (χ3v) is 4.28. The molecule has 0 fully saturated rings. The van der Waals surface area contributed by atoms with Crippen LogP contribution in [0.1, 0.15) is 36.3 Å². The fraction of sp³-hybridized carbons (Fsp3) is 0.227. The number of nitrogens with one attached hydrogen (secondary N) is 2. The zero-order valence-corrected chi connectivity index (χ0v) is 16.3. The third kappa shape index (κ3) is 4.65. The summed E-state index contributed by atoms with van der Waals surface area (Å²) in [7, 11) is 0. The minimum Gasteiger partial charge on any atom is -0.326 e. The molecule has 28 heavy (non-hydrogen) atoms. The average molecular weight is 376 g/mol. The fourth-order valence-corrected chi connectivity index (χ4v) is 2.88. The van der Waals surface area contributed by atoms with Gasteiger partial charge >= 0.3 is 0 Å². The highest BCUT2D eigenvalue weighted by Gasteiger charge is 2.15. The monoisotopic (exact) mass is 376 g/mol. The van der Waals surface area contributed by atoms with Gasteiger partial charge in [-0.25, -0.2) is 4.68 Å². The first kappa shape index (κ1) is 19.4. The molecular formula is C22H24N4O2. The Hall–Kier alpha value is -3.41. The molecule has 0 saturated carbocycles. The summed E-state index contributed by atoms with van der Waals surface area (Å²) in [6, 6.07) is 16.7. The van der Waals surface area contributed by atoms with Crippen LogP contribution in [0.25, 0.3) is 5.69 Å². The Balaban J connectivity index is 1.67. The second-order valence-electron chi connectivity index (χ2n) is 7.07. The van der Waals surface area contributed by atoms with Crippen molar-refractivity contribution in [3.63, 3.8) is 0 Å². The van der Waals surface area contributed by atoms with Crippen LogP contribution in [0.4, 0.5) is 11.4 Å². The highest BCUT2D eigenvalue weighted by molar-refractivity contribution is 6.05. The zero-order valence-electron chi connectivity index (χ0n) is 16.3. The van der Waals surface area contributed by atoms with Gasteiger partial charge in [-0.15, -0.1) is 0 Å². The van der Waals surface area contributed by atoms with Crippen LogP contribution in [0.15, 0.2) is 60.8 Å². The lowest BCUT2D eigenvalue weighted by Gasteiger charge is -2.09. The lowest BCUT2D eigenvalue weighted by molar-refractivity contribution is -0.116. The third-order valence-electron chi connectivity index (χ3n) is 4.28. The van der Waals surface area contributed by atoms with E-state index in [9.17, 15) is 9.59 Å². The van der Waals surface area contributed by atoms with Crippen LogP contribution in [0.3, 0.4) is 0 Å². The van der Waals surface area contributed by atoms with Gasteiger partial charge in [-0.3, -0.25) is 9.59 Å². The second kappa shape index (κ2) is 8.52. The number of amides is 2. The number of carbonyl (C=O) groups excluding carboxylic acids is 2. The van der Waals surface area contributed by atoms with E-state index in [1.165, 1.54) is 0 Å². The number of benzene rings is 2. The van der Waals surface area contributed by atoms with Crippen LogP contribution in [-0.2, 0) is 4.79 Å². The maximum absolute atomic E-state index is 12.6. The van der Waals surface area contributed by atoms with Gasteiger partial charge < -0.3 is 10.6 Å². The minimum absolute atomic E-state index is 0.0178. The van der Waals surface area contributed by atoms with Gasteiger partial charge in [-0.05, 0) is 49.2 Å². The summed E-state index contributed by atoms with van der Waals surface area (Å²) in [6.45, 7) is 5.86. The molecule has 0 aliphatic rings. The molecule has 1 heterocycles. The van der Waals surface area contributed by atoms with Crippen molar-refractivity contribution < 1.29 is 9.59 Å². The molecule has 0 radical (unpaired) electrons. The topological polar surface area (TPSA) is 76.0 Å². The molecule has 2 amide bonds. The van der Waals surface area contributed by atoms with Crippen molar-refractivity contribution in [2.45, 2.75) is 27.2 Å². The molecule has 0 bridgehead atoms. The van der Waals surface area contributed by atoms with Crippen molar-refractivity contribution in [3.8, 4) is 5.69 Å². The molecule has 2 aromatic carbocycles. The minimum atomic E-state index is -0.226. The Morgan fingerprint density at radius 3 is 2.18 bits per heavy atom. The average Bonchev–Trinajstić information content (AvgIpc) is 3.05. The molecule has 0 atom stereocenters. The number of anilines is 2. The summed E-state index contributed by atoms with van der Waals surface area (Å²) in [5.41, 5.74) is 3.54. The normalized spacial score (nSPS) is 10.7. The molecule has 0 aliphatic carbocycles. The number of nitrogens with zero attached hydrogens (tertiary/aromatic N) is 2. The molecule has 0 saturated heterocycles. The highest BCUT2D eigenvalue weighted by atomic mass is 16.2. The molecule has 2 N–H and O–H groups in total. The fourth-order valence-electron chi connectivity index (χ4n) is 2.88. The van der Waals surface area contributed by atoms with E-state index in [1.807, 2.05) is 51.1 Å². The van der Waals surface area contributed by atoms with Crippen LogP contribution in [0.5, 0.6) is 0 Å². The van der Waals surface area contributed by atoms with Crippen molar-refractivity contribution in [2.24, 2.45) is 5.92 Å². The van der Waals surface area contributed by atoms with E-state index in [2.05, 4.69) is 15.7 Å². The number of hydrogen-bond donors (Lipinski definition) is 2. The van der Waals surface area contributed by atoms with Gasteiger partial charge in [0.05, 0.1) is 23.1 Å². The number of hydrogen-bond acceptors (Lipinski definition) is 3. The Labute approximate surface area is 164 Å². The van der Waals surface area contributed by atoms with Crippen molar-refractivity contribution in [3.05, 3.63) is 72.1 Å². The van der Waals surface area contributed by atoms with Crippen molar-refractivity contribution in [1.82, 2.24) is 9.78 Å². The predicted octanol–water partition coefficient (Wildman–Crippen LogP) is 4.42. The molecule has 3 rings (SSSR count). The Morgan fingerprint density at radius 2 is 1.57 bits per heavy atom. The molecule has 0 spiro atoms. The van der Waals surface area contributed by atoms with Gasteiger partial charge in [0.1, 0.15) is 0 Å². The van der Waals surface area contributed by atoms with Crippen LogP contribution in [0.2, 0.25) is 0 Å². The molecule has 0 aliphatic heterocycles. The zero-order chi connectivity index (χ0) is 20.1. The van der Waals surface area contributed by atoms with Gasteiger partial charge in [-0.1, -0.05) is 32.0 Å². The Kier molecular flexibility index (Phi) is 5.89. The van der Waals surface area contributed by atoms with Gasteiger partial charge in [0.15, 0.2) is 0 Å². The van der Waals surface area contributed by atoms with Gasteiger partial charge in [0.25, 0.3) is 5.91 Å². The molecule has 0 unspecified atom stereocenters. The number of para-hydroxylation sites is 1. The standard InChI is InChI=1S/C22H24N4O2/c1-15(2)13-21(27)24-17-9-11-18(12-10-17)25-22(28)20-14-23-26(16(20)3)19-7-5-4-6-8-19/h4-12,14-15H,13H2,1-3H3,(H,24,27)(H,25,28). The van der Waals surface area contributed by atoms with E-state index in [0.717, 1.165) is 11.4 Å². The van der Waals surface area contributed by atoms with E-state index in [-0.39, 0.29) is 11.8 Å². The Morgan fingerprint density at radius 1 is 0.964 bits per heavy atom. The van der Waals surface area contributed by atoms with Crippen LogP contribution >= 0.6 is 0 Å². The second-order valence-corrected chi connectivity index (χ2v) is 7.07. The summed E-state index contributed by atoms with van der Waals surface area (Å²) >= 11 is 0. The van der Waals surface area contributed by atoms with Gasteiger partial charge in [-0.2, -0.15) is 5.10 Å². The van der Waals surface area contributed by atoms with Crippen LogP contribution in [0, 0.1) is 12.8 Å². The van der Waals surface area contributed by atoms with Crippen molar-refractivity contribution >= 4 is 23.2 Å². The lowest BCUT2D eigenvalue weighted by atomic mass is 10.1. The van der Waals surface area contributed by atoms with Crippen LogP contribution < -0.4 is 10.6 Å². The first-order valence-electron chi connectivity index (χ1n) is 9.25. The summed E-state index contributed by atoms with van der Waals surface area (Å²) in [5, 5.41) is 10.1. The number of aromatic nitrogens is 2. The molecule has 6 nitrogen and oxygen atoms in total. The predicted molar refractivity (Wildman–Crippen MR) is 111 cm³/mol. The van der Waals surface area contributed by atoms with Crippen molar-refractivity contribution in [1.29, 1.82) is 0 Å². The molecule has 144 valence electrons. The van der Waals surface area contributed by atoms with Gasteiger partial charge in [0.2, 0.25) is 5.91 Å². The first-order chi connectivity index (χ1) is 13.4. The maximum Gasteiger partial charge on any atom is 0.259 e. The number of carbonyl (C=O) groups is 2. The smallest absolute Gasteiger partial charge is 0.259 e. The molecule has 1 aromatic heterocycles. The number of rotatable bonds is 6. The maximum atomic E-state index is 12.6. The van der Waals surface area contributed by atoms with Gasteiger partial charge in [0, 0.05) is 17.8 Å². The summed E-state index contributed by atoms with van der Waals surface area (Å²) < 4.78 is 1.74. The quantitative estimate of drug-likeness (QED) is 0.669. The first-order valence-corrected chi connectivity index (χ1v) is 9.25. The SMILES string of the molecule is Cc1c(C(=O)Nc2ccc(NC(=O)CC(C)C)cc2)cnn1-c1ccccc1. The highest BCUT2D eigenvalue weighted by Crippen LogP contribution is 2.18. The van der Waals surface area contributed by atoms with E-state index in [0.29, 0.717) is 29.3 Å². The van der Waals surface area contributed by atoms with E-state index >= 15 is 0 Å². The van der Waals surface area contributed by atoms with E-state index < -0.39 is 0 Å². The van der Waals surface area contributed by atoms with E-state index in [1.54, 1.807) is 35.1 Å². The molecule has 6 heteroatoms. The summed E-state index contributed by atoms with van der Waals surface area (Å²) in [4.78, 5) is 24.5.